The highest BCUT2D eigenvalue weighted by Gasteiger charge is 2.19. The van der Waals surface area contributed by atoms with Gasteiger partial charge in [0.1, 0.15) is 10.7 Å². The number of amides is 2. The lowest BCUT2D eigenvalue weighted by atomic mass is 10.1. The number of ether oxygens (including phenoxy) is 1. The standard InChI is InChI=1S/C17H22N2O3S/c1-4-11(2)18-16(20)13-6-5-7-14(10-13)19-17(21)15-12(3)22-8-9-23-15/h5-7,10-11H,4,8-9H2,1-3H3,(H,18,20)(H,19,21). The van der Waals surface area contributed by atoms with E-state index in [0.717, 1.165) is 12.2 Å². The molecule has 1 aliphatic heterocycles. The second kappa shape index (κ2) is 8.06. The molecule has 124 valence electrons. The molecule has 0 aliphatic carbocycles. The van der Waals surface area contributed by atoms with E-state index in [2.05, 4.69) is 10.6 Å². The van der Waals surface area contributed by atoms with Crippen LogP contribution in [-0.2, 0) is 9.53 Å². The van der Waals surface area contributed by atoms with Crippen molar-refractivity contribution in [2.45, 2.75) is 33.2 Å². The van der Waals surface area contributed by atoms with Gasteiger partial charge in [-0.15, -0.1) is 11.8 Å². The van der Waals surface area contributed by atoms with Gasteiger partial charge in [0, 0.05) is 23.0 Å². The lowest BCUT2D eigenvalue weighted by Gasteiger charge is -2.18. The van der Waals surface area contributed by atoms with Crippen LogP contribution in [0.15, 0.2) is 34.9 Å². The molecule has 1 aromatic carbocycles. The molecule has 0 radical (unpaired) electrons. The van der Waals surface area contributed by atoms with E-state index in [-0.39, 0.29) is 17.9 Å². The van der Waals surface area contributed by atoms with Gasteiger partial charge in [-0.3, -0.25) is 9.59 Å². The lowest BCUT2D eigenvalue weighted by molar-refractivity contribution is -0.112. The Morgan fingerprint density at radius 2 is 2.13 bits per heavy atom. The Balaban J connectivity index is 2.08. The molecule has 0 saturated heterocycles. The van der Waals surface area contributed by atoms with E-state index >= 15 is 0 Å². The average molecular weight is 334 g/mol. The number of carbonyl (C=O) groups is 2. The molecule has 23 heavy (non-hydrogen) atoms. The Hall–Kier alpha value is -1.95. The molecule has 0 spiro atoms. The quantitative estimate of drug-likeness (QED) is 0.868. The molecule has 1 heterocycles. The average Bonchev–Trinajstić information content (AvgIpc) is 2.55. The molecule has 5 nitrogen and oxygen atoms in total. The molecular formula is C17H22N2O3S. The summed E-state index contributed by atoms with van der Waals surface area (Å²) in [6.45, 7) is 6.39. The maximum atomic E-state index is 12.3. The van der Waals surface area contributed by atoms with Gasteiger partial charge in [0.15, 0.2) is 0 Å². The third kappa shape index (κ3) is 4.76. The van der Waals surface area contributed by atoms with Crippen LogP contribution in [0.1, 0.15) is 37.6 Å². The zero-order valence-electron chi connectivity index (χ0n) is 13.6. The summed E-state index contributed by atoms with van der Waals surface area (Å²) in [5.41, 5.74) is 1.12. The van der Waals surface area contributed by atoms with Gasteiger partial charge in [0.2, 0.25) is 0 Å². The number of carbonyl (C=O) groups excluding carboxylic acids is 2. The predicted octanol–water partition coefficient (Wildman–Crippen LogP) is 3.15. The highest BCUT2D eigenvalue weighted by Crippen LogP contribution is 2.26. The largest absolute Gasteiger partial charge is 0.496 e. The number of allylic oxidation sites excluding steroid dienone is 1. The first kappa shape index (κ1) is 17.4. The van der Waals surface area contributed by atoms with Crippen molar-refractivity contribution < 1.29 is 14.3 Å². The van der Waals surface area contributed by atoms with E-state index < -0.39 is 0 Å². The van der Waals surface area contributed by atoms with Crippen LogP contribution in [0.4, 0.5) is 5.69 Å². The third-order valence-electron chi connectivity index (χ3n) is 3.55. The topological polar surface area (TPSA) is 67.4 Å². The van der Waals surface area contributed by atoms with Crippen molar-refractivity contribution in [3.63, 3.8) is 0 Å². The fraction of sp³-hybridized carbons (Fsp3) is 0.412. The van der Waals surface area contributed by atoms with Gasteiger partial charge < -0.3 is 15.4 Å². The number of anilines is 1. The maximum absolute atomic E-state index is 12.3. The molecule has 2 amide bonds. The van der Waals surface area contributed by atoms with Gasteiger partial charge in [0.25, 0.3) is 11.8 Å². The minimum atomic E-state index is -0.202. The lowest BCUT2D eigenvalue weighted by Crippen LogP contribution is -2.31. The van der Waals surface area contributed by atoms with Gasteiger partial charge in [-0.05, 0) is 38.5 Å². The number of rotatable bonds is 5. The van der Waals surface area contributed by atoms with Crippen molar-refractivity contribution in [1.29, 1.82) is 0 Å². The molecule has 0 bridgehead atoms. The molecule has 0 aromatic heterocycles. The molecule has 1 unspecified atom stereocenters. The van der Waals surface area contributed by atoms with Crippen molar-refractivity contribution in [1.82, 2.24) is 5.32 Å². The van der Waals surface area contributed by atoms with E-state index in [1.54, 1.807) is 31.2 Å². The van der Waals surface area contributed by atoms with E-state index in [9.17, 15) is 9.59 Å². The van der Waals surface area contributed by atoms with Gasteiger partial charge >= 0.3 is 0 Å². The van der Waals surface area contributed by atoms with Crippen molar-refractivity contribution in [3.05, 3.63) is 40.5 Å². The minimum Gasteiger partial charge on any atom is -0.496 e. The zero-order chi connectivity index (χ0) is 16.8. The van der Waals surface area contributed by atoms with E-state index in [1.807, 2.05) is 13.8 Å². The fourth-order valence-corrected chi connectivity index (χ4v) is 2.88. The molecule has 1 aromatic rings. The summed E-state index contributed by atoms with van der Waals surface area (Å²) in [6, 6.07) is 7.05. The first-order valence-electron chi connectivity index (χ1n) is 7.70. The van der Waals surface area contributed by atoms with Crippen LogP contribution in [0.2, 0.25) is 0 Å². The Bertz CT molecular complexity index is 628. The van der Waals surface area contributed by atoms with E-state index in [1.165, 1.54) is 11.8 Å². The van der Waals surface area contributed by atoms with E-state index in [0.29, 0.717) is 28.5 Å². The summed E-state index contributed by atoms with van der Waals surface area (Å²) >= 11 is 1.48. The van der Waals surface area contributed by atoms with Crippen LogP contribution in [0, 0.1) is 0 Å². The second-order valence-electron chi connectivity index (χ2n) is 5.40. The van der Waals surface area contributed by atoms with Crippen LogP contribution in [0.25, 0.3) is 0 Å². The summed E-state index contributed by atoms with van der Waals surface area (Å²) in [5, 5.41) is 5.74. The Morgan fingerprint density at radius 1 is 1.35 bits per heavy atom. The first-order chi connectivity index (χ1) is 11.0. The summed E-state index contributed by atoms with van der Waals surface area (Å²) in [5.74, 6) is 1.06. The molecule has 2 rings (SSSR count). The number of hydrogen-bond acceptors (Lipinski definition) is 4. The monoisotopic (exact) mass is 334 g/mol. The van der Waals surface area contributed by atoms with Crippen LogP contribution >= 0.6 is 11.8 Å². The Morgan fingerprint density at radius 3 is 2.83 bits per heavy atom. The summed E-state index contributed by atoms with van der Waals surface area (Å²) in [6.07, 6.45) is 0.868. The summed E-state index contributed by atoms with van der Waals surface area (Å²) in [4.78, 5) is 25.0. The molecular weight excluding hydrogens is 312 g/mol. The molecule has 1 atom stereocenters. The predicted molar refractivity (Wildman–Crippen MR) is 93.4 cm³/mol. The van der Waals surface area contributed by atoms with Crippen molar-refractivity contribution in [2.75, 3.05) is 17.7 Å². The van der Waals surface area contributed by atoms with E-state index in [4.69, 9.17) is 4.74 Å². The van der Waals surface area contributed by atoms with Crippen LogP contribution in [0.5, 0.6) is 0 Å². The van der Waals surface area contributed by atoms with Crippen LogP contribution in [0.3, 0.4) is 0 Å². The highest BCUT2D eigenvalue weighted by atomic mass is 32.2. The van der Waals surface area contributed by atoms with Gasteiger partial charge in [-0.25, -0.2) is 0 Å². The van der Waals surface area contributed by atoms with Crippen LogP contribution in [-0.4, -0.2) is 30.2 Å². The summed E-state index contributed by atoms with van der Waals surface area (Å²) < 4.78 is 5.40. The van der Waals surface area contributed by atoms with Crippen molar-refractivity contribution in [2.24, 2.45) is 0 Å². The minimum absolute atomic E-state index is 0.115. The van der Waals surface area contributed by atoms with Crippen molar-refractivity contribution in [3.8, 4) is 0 Å². The smallest absolute Gasteiger partial charge is 0.265 e. The number of thioether (sulfide) groups is 1. The van der Waals surface area contributed by atoms with Crippen molar-refractivity contribution >= 4 is 29.3 Å². The Kier molecular flexibility index (Phi) is 6.10. The SMILES string of the molecule is CCC(C)NC(=O)c1cccc(NC(=O)C2=C(C)OCCS2)c1. The normalized spacial score (nSPS) is 15.6. The molecule has 1 aliphatic rings. The molecule has 2 N–H and O–H groups in total. The molecule has 0 saturated carbocycles. The van der Waals surface area contributed by atoms with Crippen LogP contribution < -0.4 is 10.6 Å². The zero-order valence-corrected chi connectivity index (χ0v) is 14.5. The Labute approximate surface area is 140 Å². The molecule has 6 heteroatoms. The summed E-state index contributed by atoms with van der Waals surface area (Å²) in [7, 11) is 0. The number of benzene rings is 1. The van der Waals surface area contributed by atoms with Gasteiger partial charge in [0.05, 0.1) is 6.61 Å². The van der Waals surface area contributed by atoms with Gasteiger partial charge in [-0.2, -0.15) is 0 Å². The third-order valence-corrected chi connectivity index (χ3v) is 4.68. The fourth-order valence-electron chi connectivity index (χ4n) is 2.07. The maximum Gasteiger partial charge on any atom is 0.265 e. The first-order valence-corrected chi connectivity index (χ1v) is 8.68. The molecule has 0 fully saturated rings. The van der Waals surface area contributed by atoms with Gasteiger partial charge in [-0.1, -0.05) is 13.0 Å². The number of hydrogen-bond donors (Lipinski definition) is 2. The highest BCUT2D eigenvalue weighted by molar-refractivity contribution is 8.04. The number of nitrogens with one attached hydrogen (secondary N) is 2. The second-order valence-corrected chi connectivity index (χ2v) is 6.51.